The summed E-state index contributed by atoms with van der Waals surface area (Å²) in [6.07, 6.45) is 0. The minimum atomic E-state index is 0.154. The fourth-order valence-corrected chi connectivity index (χ4v) is 2.45. The Kier molecular flexibility index (Phi) is 4.45. The quantitative estimate of drug-likeness (QED) is 0.786. The first kappa shape index (κ1) is 13.9. The first-order valence-corrected chi connectivity index (χ1v) is 7.16. The lowest BCUT2D eigenvalue weighted by atomic mass is 10.0. The van der Waals surface area contributed by atoms with E-state index in [0.717, 1.165) is 16.8 Å². The maximum absolute atomic E-state index is 12.2. The van der Waals surface area contributed by atoms with E-state index in [2.05, 4.69) is 11.9 Å². The summed E-state index contributed by atoms with van der Waals surface area (Å²) in [6.45, 7) is 5.21. The van der Waals surface area contributed by atoms with Crippen LogP contribution in [-0.2, 0) is 6.54 Å². The third kappa shape index (κ3) is 3.72. The highest BCUT2D eigenvalue weighted by atomic mass is 32.1. The van der Waals surface area contributed by atoms with E-state index in [4.69, 9.17) is 0 Å². The number of aromatic nitrogens is 1. The van der Waals surface area contributed by atoms with E-state index in [-0.39, 0.29) is 5.78 Å². The molecule has 0 bridgehead atoms. The van der Waals surface area contributed by atoms with Crippen LogP contribution in [0.3, 0.4) is 0 Å². The minimum Gasteiger partial charge on any atom is -0.293 e. The molecule has 0 aliphatic rings. The highest BCUT2D eigenvalue weighted by Crippen LogP contribution is 2.11. The standard InChI is InChI=1S/C15H18N2OS/c1-11-4-5-13(6-12(11)2)15(18)8-17(3)7-14-9-19-10-16-14/h4-6,9-10H,7-8H2,1-3H3. The van der Waals surface area contributed by atoms with Gasteiger partial charge in [0.1, 0.15) is 0 Å². The van der Waals surface area contributed by atoms with Crippen LogP contribution in [0, 0.1) is 13.8 Å². The highest BCUT2D eigenvalue weighted by molar-refractivity contribution is 7.07. The van der Waals surface area contributed by atoms with Crippen molar-refractivity contribution in [3.63, 3.8) is 0 Å². The molecule has 3 nitrogen and oxygen atoms in total. The third-order valence-electron chi connectivity index (χ3n) is 3.16. The maximum atomic E-state index is 12.2. The van der Waals surface area contributed by atoms with Gasteiger partial charge in [0, 0.05) is 17.5 Å². The van der Waals surface area contributed by atoms with Crippen LogP contribution in [0.1, 0.15) is 27.2 Å². The molecular formula is C15H18N2OS. The molecule has 19 heavy (non-hydrogen) atoms. The zero-order chi connectivity index (χ0) is 13.8. The largest absolute Gasteiger partial charge is 0.293 e. The molecule has 0 N–H and O–H groups in total. The monoisotopic (exact) mass is 274 g/mol. The van der Waals surface area contributed by atoms with Crippen molar-refractivity contribution in [3.8, 4) is 0 Å². The van der Waals surface area contributed by atoms with Crippen molar-refractivity contribution >= 4 is 17.1 Å². The summed E-state index contributed by atoms with van der Waals surface area (Å²) in [5.41, 5.74) is 5.99. The molecule has 0 amide bonds. The van der Waals surface area contributed by atoms with Gasteiger partial charge in [-0.15, -0.1) is 11.3 Å². The Morgan fingerprint density at radius 3 is 2.74 bits per heavy atom. The van der Waals surface area contributed by atoms with Crippen molar-refractivity contribution in [2.75, 3.05) is 13.6 Å². The molecule has 1 aromatic heterocycles. The average molecular weight is 274 g/mol. The zero-order valence-corrected chi connectivity index (χ0v) is 12.3. The second-order valence-electron chi connectivity index (χ2n) is 4.87. The molecule has 2 aromatic rings. The van der Waals surface area contributed by atoms with E-state index in [9.17, 15) is 4.79 Å². The van der Waals surface area contributed by atoms with Crippen molar-refractivity contribution in [3.05, 3.63) is 51.5 Å². The van der Waals surface area contributed by atoms with Crippen LogP contribution in [0.25, 0.3) is 0 Å². The molecule has 0 saturated carbocycles. The predicted octanol–water partition coefficient (Wildman–Crippen LogP) is 3.07. The van der Waals surface area contributed by atoms with E-state index < -0.39 is 0 Å². The van der Waals surface area contributed by atoms with Crippen LogP contribution in [0.4, 0.5) is 0 Å². The molecule has 0 radical (unpaired) electrons. The summed E-state index contributed by atoms with van der Waals surface area (Å²) in [5, 5.41) is 2.01. The molecule has 100 valence electrons. The molecule has 0 aliphatic carbocycles. The second-order valence-corrected chi connectivity index (χ2v) is 5.59. The van der Waals surface area contributed by atoms with Crippen LogP contribution in [0.5, 0.6) is 0 Å². The summed E-state index contributed by atoms with van der Waals surface area (Å²) < 4.78 is 0. The molecule has 0 saturated heterocycles. The van der Waals surface area contributed by atoms with Gasteiger partial charge in [0.05, 0.1) is 17.7 Å². The normalized spacial score (nSPS) is 10.9. The van der Waals surface area contributed by atoms with Gasteiger partial charge in [-0.25, -0.2) is 4.98 Å². The lowest BCUT2D eigenvalue weighted by Crippen LogP contribution is -2.25. The van der Waals surface area contributed by atoms with E-state index in [1.807, 2.05) is 48.0 Å². The smallest absolute Gasteiger partial charge is 0.176 e. The van der Waals surface area contributed by atoms with Crippen LogP contribution < -0.4 is 0 Å². The number of carbonyl (C=O) groups is 1. The van der Waals surface area contributed by atoms with Gasteiger partial charge in [-0.3, -0.25) is 9.69 Å². The molecule has 1 aromatic carbocycles. The van der Waals surface area contributed by atoms with Crippen molar-refractivity contribution in [1.29, 1.82) is 0 Å². The van der Waals surface area contributed by atoms with Gasteiger partial charge < -0.3 is 0 Å². The van der Waals surface area contributed by atoms with Gasteiger partial charge in [-0.05, 0) is 38.1 Å². The molecule has 0 atom stereocenters. The maximum Gasteiger partial charge on any atom is 0.176 e. The third-order valence-corrected chi connectivity index (χ3v) is 3.79. The average Bonchev–Trinajstić information content (AvgIpc) is 2.85. The zero-order valence-electron chi connectivity index (χ0n) is 11.5. The number of hydrogen-bond donors (Lipinski definition) is 0. The predicted molar refractivity (Wildman–Crippen MR) is 78.7 cm³/mol. The number of carbonyl (C=O) groups excluding carboxylic acids is 1. The molecule has 0 aliphatic heterocycles. The number of thiazole rings is 1. The van der Waals surface area contributed by atoms with Gasteiger partial charge >= 0.3 is 0 Å². The topological polar surface area (TPSA) is 33.2 Å². The van der Waals surface area contributed by atoms with Crippen molar-refractivity contribution in [2.45, 2.75) is 20.4 Å². The summed E-state index contributed by atoms with van der Waals surface area (Å²) >= 11 is 1.58. The van der Waals surface area contributed by atoms with Crippen molar-refractivity contribution < 1.29 is 4.79 Å². The van der Waals surface area contributed by atoms with Crippen LogP contribution in [-0.4, -0.2) is 29.3 Å². The Morgan fingerprint density at radius 1 is 1.32 bits per heavy atom. The number of ketones is 1. The first-order chi connectivity index (χ1) is 9.06. The second kappa shape index (κ2) is 6.08. The number of Topliss-reactive ketones (excluding diaryl/α,β-unsaturated/α-hetero) is 1. The fourth-order valence-electron chi connectivity index (χ4n) is 1.90. The minimum absolute atomic E-state index is 0.154. The summed E-state index contributed by atoms with van der Waals surface area (Å²) in [5.74, 6) is 0.154. The molecule has 0 fully saturated rings. The molecular weight excluding hydrogens is 256 g/mol. The molecule has 4 heteroatoms. The molecule has 1 heterocycles. The number of benzene rings is 1. The summed E-state index contributed by atoms with van der Waals surface area (Å²) in [7, 11) is 1.94. The van der Waals surface area contributed by atoms with E-state index in [1.54, 1.807) is 11.3 Å². The first-order valence-electron chi connectivity index (χ1n) is 6.22. The van der Waals surface area contributed by atoms with Gasteiger partial charge in [-0.1, -0.05) is 12.1 Å². The Bertz CT molecular complexity index is 564. The van der Waals surface area contributed by atoms with Gasteiger partial charge in [0.25, 0.3) is 0 Å². The van der Waals surface area contributed by atoms with Crippen LogP contribution in [0.2, 0.25) is 0 Å². The van der Waals surface area contributed by atoms with Crippen LogP contribution in [0.15, 0.2) is 29.1 Å². The number of rotatable bonds is 5. The Hall–Kier alpha value is -1.52. The van der Waals surface area contributed by atoms with Gasteiger partial charge in [-0.2, -0.15) is 0 Å². The van der Waals surface area contributed by atoms with E-state index >= 15 is 0 Å². The molecule has 0 spiro atoms. The van der Waals surface area contributed by atoms with E-state index in [0.29, 0.717) is 13.1 Å². The Morgan fingerprint density at radius 2 is 2.11 bits per heavy atom. The summed E-state index contributed by atoms with van der Waals surface area (Å²) in [6, 6.07) is 5.87. The lowest BCUT2D eigenvalue weighted by Gasteiger charge is -2.14. The van der Waals surface area contributed by atoms with Gasteiger partial charge in [0.15, 0.2) is 5.78 Å². The summed E-state index contributed by atoms with van der Waals surface area (Å²) in [4.78, 5) is 18.4. The highest BCUT2D eigenvalue weighted by Gasteiger charge is 2.11. The van der Waals surface area contributed by atoms with Crippen LogP contribution >= 0.6 is 11.3 Å². The lowest BCUT2D eigenvalue weighted by molar-refractivity contribution is 0.0942. The Balaban J connectivity index is 1.98. The molecule has 0 unspecified atom stereocenters. The number of hydrogen-bond acceptors (Lipinski definition) is 4. The Labute approximate surface area is 117 Å². The fraction of sp³-hybridized carbons (Fsp3) is 0.333. The number of aryl methyl sites for hydroxylation is 2. The number of likely N-dealkylation sites (N-methyl/N-ethyl adjacent to an activating group) is 1. The SMILES string of the molecule is Cc1ccc(C(=O)CN(C)Cc2cscn2)cc1C. The van der Waals surface area contributed by atoms with Gasteiger partial charge in [0.2, 0.25) is 0 Å². The number of nitrogens with zero attached hydrogens (tertiary/aromatic N) is 2. The van der Waals surface area contributed by atoms with Crippen molar-refractivity contribution in [1.82, 2.24) is 9.88 Å². The molecule has 2 rings (SSSR count). The van der Waals surface area contributed by atoms with Crippen molar-refractivity contribution in [2.24, 2.45) is 0 Å². The van der Waals surface area contributed by atoms with E-state index in [1.165, 1.54) is 5.56 Å².